The van der Waals surface area contributed by atoms with Crippen LogP contribution in [-0.4, -0.2) is 37.7 Å². The Morgan fingerprint density at radius 1 is 1.25 bits per heavy atom. The minimum Gasteiger partial charge on any atom is -0.375 e. The molecule has 5 nitrogen and oxygen atoms in total. The van der Waals surface area contributed by atoms with Crippen LogP contribution in [0, 0.1) is 0 Å². The van der Waals surface area contributed by atoms with Gasteiger partial charge in [-0.1, -0.05) is 30.3 Å². The third-order valence-electron chi connectivity index (χ3n) is 3.69. The van der Waals surface area contributed by atoms with Gasteiger partial charge < -0.3 is 15.4 Å². The minimum atomic E-state index is -4.40. The summed E-state index contributed by atoms with van der Waals surface area (Å²) >= 11 is 1.01. The number of thiazole rings is 1. The van der Waals surface area contributed by atoms with Crippen molar-refractivity contribution in [3.05, 3.63) is 52.0 Å². The molecule has 0 radical (unpaired) electrons. The van der Waals surface area contributed by atoms with E-state index in [2.05, 4.69) is 20.6 Å². The Kier molecular flexibility index (Phi) is 10.8. The van der Waals surface area contributed by atoms with E-state index in [9.17, 15) is 13.2 Å². The number of ether oxygens (including phenoxy) is 1. The van der Waals surface area contributed by atoms with E-state index in [-0.39, 0.29) is 30.1 Å². The monoisotopic (exact) mass is 528 g/mol. The lowest BCUT2D eigenvalue weighted by Gasteiger charge is -2.15. The Bertz CT molecular complexity index is 725. The molecule has 1 unspecified atom stereocenters. The molecule has 0 bridgehead atoms. The summed E-state index contributed by atoms with van der Waals surface area (Å²) in [4.78, 5) is 8.13. The van der Waals surface area contributed by atoms with Crippen LogP contribution < -0.4 is 10.6 Å². The maximum absolute atomic E-state index is 12.6. The maximum Gasteiger partial charge on any atom is 0.434 e. The highest BCUT2D eigenvalue weighted by molar-refractivity contribution is 14.0. The molecule has 1 aromatic heterocycles. The van der Waals surface area contributed by atoms with Crippen LogP contribution in [0.2, 0.25) is 0 Å². The zero-order valence-electron chi connectivity index (χ0n) is 15.6. The summed E-state index contributed by atoms with van der Waals surface area (Å²) in [6.07, 6.45) is -4.18. The predicted molar refractivity (Wildman–Crippen MR) is 116 cm³/mol. The lowest BCUT2D eigenvalue weighted by Crippen LogP contribution is -2.38. The van der Waals surface area contributed by atoms with Crippen LogP contribution in [0.4, 0.5) is 13.2 Å². The summed E-state index contributed by atoms with van der Waals surface area (Å²) in [6, 6.07) is 9.78. The molecular weight excluding hydrogens is 504 g/mol. The van der Waals surface area contributed by atoms with Crippen molar-refractivity contribution >= 4 is 41.3 Å². The van der Waals surface area contributed by atoms with Crippen molar-refractivity contribution in [1.82, 2.24) is 15.6 Å². The molecule has 2 N–H and O–H groups in total. The molecule has 0 saturated heterocycles. The van der Waals surface area contributed by atoms with Crippen molar-refractivity contribution < 1.29 is 17.9 Å². The highest BCUT2D eigenvalue weighted by Crippen LogP contribution is 2.30. The van der Waals surface area contributed by atoms with Gasteiger partial charge >= 0.3 is 6.18 Å². The first kappa shape index (κ1) is 24.6. The van der Waals surface area contributed by atoms with Gasteiger partial charge in [0.15, 0.2) is 11.7 Å². The number of nitrogens with zero attached hydrogens (tertiary/aromatic N) is 2. The van der Waals surface area contributed by atoms with E-state index >= 15 is 0 Å². The van der Waals surface area contributed by atoms with Crippen molar-refractivity contribution in [2.24, 2.45) is 4.99 Å². The van der Waals surface area contributed by atoms with Gasteiger partial charge in [0.25, 0.3) is 0 Å². The average molecular weight is 528 g/mol. The lowest BCUT2D eigenvalue weighted by atomic mass is 10.1. The second-order valence-corrected chi connectivity index (χ2v) is 6.60. The van der Waals surface area contributed by atoms with Gasteiger partial charge in [-0.25, -0.2) is 4.98 Å². The molecule has 0 spiro atoms. The van der Waals surface area contributed by atoms with Gasteiger partial charge in [-0.2, -0.15) is 13.2 Å². The molecule has 0 amide bonds. The number of halogens is 4. The van der Waals surface area contributed by atoms with Crippen LogP contribution in [0.5, 0.6) is 0 Å². The quantitative estimate of drug-likeness (QED) is 0.306. The van der Waals surface area contributed by atoms with Crippen molar-refractivity contribution in [1.29, 1.82) is 0 Å². The second-order valence-electron chi connectivity index (χ2n) is 5.66. The molecule has 0 saturated carbocycles. The smallest absolute Gasteiger partial charge is 0.375 e. The number of hydrogen-bond acceptors (Lipinski definition) is 4. The molecule has 0 fully saturated rings. The van der Waals surface area contributed by atoms with E-state index in [0.29, 0.717) is 37.0 Å². The molecule has 1 heterocycles. The van der Waals surface area contributed by atoms with E-state index in [4.69, 9.17) is 4.74 Å². The molecule has 0 aliphatic rings. The summed E-state index contributed by atoms with van der Waals surface area (Å²) in [5.41, 5.74) is 0.191. The molecule has 2 rings (SSSR count). The normalized spacial score (nSPS) is 13.0. The highest BCUT2D eigenvalue weighted by atomic mass is 127. The van der Waals surface area contributed by atoms with Crippen molar-refractivity contribution in [2.75, 3.05) is 26.7 Å². The number of rotatable bonds is 8. The van der Waals surface area contributed by atoms with Crippen LogP contribution in [0.1, 0.15) is 29.3 Å². The van der Waals surface area contributed by atoms with Gasteiger partial charge in [-0.3, -0.25) is 4.99 Å². The van der Waals surface area contributed by atoms with Gasteiger partial charge in [-0.05, 0) is 12.5 Å². The number of benzene rings is 1. The first-order valence-electron chi connectivity index (χ1n) is 8.55. The van der Waals surface area contributed by atoms with Gasteiger partial charge in [0.1, 0.15) is 6.10 Å². The number of aliphatic imine (C=N–C) groups is 1. The molecule has 28 heavy (non-hydrogen) atoms. The molecule has 0 aliphatic carbocycles. The minimum absolute atomic E-state index is 0. The SMILES string of the molecule is CCNC(=NCC(OC)c1ccccc1)NCCc1nc(C(F)(F)F)cs1.I. The zero-order chi connectivity index (χ0) is 19.7. The summed E-state index contributed by atoms with van der Waals surface area (Å²) in [5.74, 6) is 0.586. The topological polar surface area (TPSA) is 58.5 Å². The molecule has 156 valence electrons. The van der Waals surface area contributed by atoms with E-state index in [1.54, 1.807) is 7.11 Å². The number of hydrogen-bond donors (Lipinski definition) is 2. The molecular formula is C18H24F3IN4OS. The third kappa shape index (κ3) is 7.92. The summed E-state index contributed by atoms with van der Waals surface area (Å²) in [6.45, 7) is 3.47. The van der Waals surface area contributed by atoms with Crippen molar-refractivity contribution in [3.8, 4) is 0 Å². The van der Waals surface area contributed by atoms with Crippen molar-refractivity contribution in [3.63, 3.8) is 0 Å². The number of aromatic nitrogens is 1. The Morgan fingerprint density at radius 3 is 2.54 bits per heavy atom. The van der Waals surface area contributed by atoms with Crippen LogP contribution in [-0.2, 0) is 17.3 Å². The highest BCUT2D eigenvalue weighted by Gasteiger charge is 2.33. The number of methoxy groups -OCH3 is 1. The molecule has 10 heteroatoms. The molecule has 1 atom stereocenters. The number of nitrogens with one attached hydrogen (secondary N) is 2. The van der Waals surface area contributed by atoms with Gasteiger partial charge in [0.05, 0.1) is 11.6 Å². The van der Waals surface area contributed by atoms with E-state index in [1.165, 1.54) is 0 Å². The summed E-state index contributed by atoms with van der Waals surface area (Å²) in [7, 11) is 1.63. The Labute approximate surface area is 183 Å². The fraction of sp³-hybridized carbons (Fsp3) is 0.444. The fourth-order valence-corrected chi connectivity index (χ4v) is 3.15. The maximum atomic E-state index is 12.6. The number of guanidine groups is 1. The lowest BCUT2D eigenvalue weighted by molar-refractivity contribution is -0.140. The third-order valence-corrected chi connectivity index (χ3v) is 4.60. The van der Waals surface area contributed by atoms with Crippen LogP contribution >= 0.6 is 35.3 Å². The second kappa shape index (κ2) is 12.2. The number of alkyl halides is 3. The molecule has 2 aromatic rings. The molecule has 0 aliphatic heterocycles. The van der Waals surface area contributed by atoms with Gasteiger partial charge in [0, 0.05) is 32.0 Å². The molecule has 1 aromatic carbocycles. The summed E-state index contributed by atoms with van der Waals surface area (Å²) in [5, 5.41) is 7.71. The van der Waals surface area contributed by atoms with Crippen LogP contribution in [0.25, 0.3) is 0 Å². The van der Waals surface area contributed by atoms with Crippen LogP contribution in [0.3, 0.4) is 0 Å². The van der Waals surface area contributed by atoms with E-state index in [1.807, 2.05) is 37.3 Å². The van der Waals surface area contributed by atoms with Crippen molar-refractivity contribution in [2.45, 2.75) is 25.6 Å². The Hall–Kier alpha value is -1.40. The van der Waals surface area contributed by atoms with E-state index in [0.717, 1.165) is 22.3 Å². The van der Waals surface area contributed by atoms with Gasteiger partial charge in [0.2, 0.25) is 0 Å². The Balaban J connectivity index is 0.00000392. The zero-order valence-corrected chi connectivity index (χ0v) is 18.8. The Morgan fingerprint density at radius 2 is 1.96 bits per heavy atom. The standard InChI is InChI=1S/C18H23F3N4OS.HI/c1-3-22-17(24-11-14(26-2)13-7-5-4-6-8-13)23-10-9-16-25-15(12-27-16)18(19,20)21;/h4-8,12,14H,3,9-11H2,1-2H3,(H2,22,23,24);1H. The first-order chi connectivity index (χ1) is 12.9. The van der Waals surface area contributed by atoms with E-state index < -0.39 is 11.9 Å². The van der Waals surface area contributed by atoms with Crippen LogP contribution in [0.15, 0.2) is 40.7 Å². The summed E-state index contributed by atoms with van der Waals surface area (Å²) < 4.78 is 43.3. The largest absolute Gasteiger partial charge is 0.434 e. The predicted octanol–water partition coefficient (Wildman–Crippen LogP) is 4.27. The fourth-order valence-electron chi connectivity index (χ4n) is 2.34. The average Bonchev–Trinajstić information content (AvgIpc) is 3.12. The first-order valence-corrected chi connectivity index (χ1v) is 9.43. The van der Waals surface area contributed by atoms with Gasteiger partial charge in [-0.15, -0.1) is 35.3 Å².